The van der Waals surface area contributed by atoms with Crippen molar-refractivity contribution in [2.24, 2.45) is 11.8 Å². The normalized spacial score (nSPS) is 35.5. The van der Waals surface area contributed by atoms with Crippen molar-refractivity contribution in [2.45, 2.75) is 6.42 Å². The summed E-state index contributed by atoms with van der Waals surface area (Å²) < 4.78 is 0. The minimum absolute atomic E-state index is 0. The van der Waals surface area contributed by atoms with Gasteiger partial charge in [-0.15, -0.1) is 12.4 Å². The molecule has 2 aliphatic rings. The topological polar surface area (TPSA) is 41.1 Å². The molecule has 3 nitrogen and oxygen atoms in total. The van der Waals surface area contributed by atoms with Gasteiger partial charge in [0.25, 0.3) is 0 Å². The van der Waals surface area contributed by atoms with Gasteiger partial charge in [-0.3, -0.25) is 4.79 Å². The summed E-state index contributed by atoms with van der Waals surface area (Å²) in [5.41, 5.74) is 0. The van der Waals surface area contributed by atoms with Gasteiger partial charge in [-0.25, -0.2) is 0 Å². The number of hydrogen-bond donors (Lipinski definition) is 2. The van der Waals surface area contributed by atoms with Gasteiger partial charge in [-0.2, -0.15) is 0 Å². The highest BCUT2D eigenvalue weighted by atomic mass is 35.5. The van der Waals surface area contributed by atoms with E-state index < -0.39 is 0 Å². The SMILES string of the molecule is Cl.O=C1NCC[C@@H]2CNC[C@H]12. The average Bonchev–Trinajstić information content (AvgIpc) is 2.36. The van der Waals surface area contributed by atoms with E-state index in [0.29, 0.717) is 5.92 Å². The number of halogens is 1. The Morgan fingerprint density at radius 1 is 1.36 bits per heavy atom. The molecule has 0 spiro atoms. The second kappa shape index (κ2) is 3.41. The van der Waals surface area contributed by atoms with Gasteiger partial charge in [0.1, 0.15) is 0 Å². The van der Waals surface area contributed by atoms with Crippen molar-refractivity contribution in [3.8, 4) is 0 Å². The quantitative estimate of drug-likeness (QED) is 0.535. The maximum atomic E-state index is 11.1. The van der Waals surface area contributed by atoms with Gasteiger partial charge in [0.15, 0.2) is 0 Å². The molecule has 4 heteroatoms. The zero-order valence-electron chi connectivity index (χ0n) is 6.30. The number of fused-ring (bicyclic) bond motifs is 1. The van der Waals surface area contributed by atoms with E-state index in [9.17, 15) is 4.79 Å². The van der Waals surface area contributed by atoms with Crippen LogP contribution in [0.3, 0.4) is 0 Å². The fraction of sp³-hybridized carbons (Fsp3) is 0.857. The smallest absolute Gasteiger partial charge is 0.224 e. The van der Waals surface area contributed by atoms with E-state index in [1.54, 1.807) is 0 Å². The Labute approximate surface area is 72.3 Å². The van der Waals surface area contributed by atoms with Crippen molar-refractivity contribution in [3.05, 3.63) is 0 Å². The molecule has 0 bridgehead atoms. The largest absolute Gasteiger partial charge is 0.356 e. The van der Waals surface area contributed by atoms with E-state index in [4.69, 9.17) is 0 Å². The molecule has 0 aromatic heterocycles. The molecule has 2 rings (SSSR count). The molecule has 0 unspecified atom stereocenters. The highest BCUT2D eigenvalue weighted by molar-refractivity contribution is 5.85. The van der Waals surface area contributed by atoms with Crippen LogP contribution in [0.25, 0.3) is 0 Å². The van der Waals surface area contributed by atoms with Gasteiger partial charge in [0, 0.05) is 13.1 Å². The number of carbonyl (C=O) groups is 1. The van der Waals surface area contributed by atoms with Crippen molar-refractivity contribution < 1.29 is 4.79 Å². The summed E-state index contributed by atoms with van der Waals surface area (Å²) in [5.74, 6) is 1.14. The molecular weight excluding hydrogens is 164 g/mol. The van der Waals surface area contributed by atoms with Gasteiger partial charge in [-0.1, -0.05) is 0 Å². The Kier molecular flexibility index (Phi) is 2.73. The number of amides is 1. The van der Waals surface area contributed by atoms with Crippen LogP contribution in [-0.4, -0.2) is 25.5 Å². The first-order valence-electron chi connectivity index (χ1n) is 3.86. The first-order valence-corrected chi connectivity index (χ1v) is 3.86. The molecule has 0 saturated carbocycles. The minimum Gasteiger partial charge on any atom is -0.356 e. The van der Waals surface area contributed by atoms with E-state index in [1.807, 2.05) is 0 Å². The van der Waals surface area contributed by atoms with Crippen LogP contribution in [-0.2, 0) is 4.79 Å². The molecule has 2 aliphatic heterocycles. The molecular formula is C7H13ClN2O. The average molecular weight is 177 g/mol. The minimum atomic E-state index is 0. The van der Waals surface area contributed by atoms with Crippen LogP contribution in [0, 0.1) is 11.8 Å². The Hall–Kier alpha value is -0.280. The van der Waals surface area contributed by atoms with E-state index in [0.717, 1.165) is 26.1 Å². The molecule has 0 aliphatic carbocycles. The lowest BCUT2D eigenvalue weighted by atomic mass is 9.89. The predicted molar refractivity (Wildman–Crippen MR) is 44.7 cm³/mol. The summed E-state index contributed by atoms with van der Waals surface area (Å²) in [4.78, 5) is 11.1. The van der Waals surface area contributed by atoms with Crippen LogP contribution >= 0.6 is 12.4 Å². The number of rotatable bonds is 0. The zero-order valence-corrected chi connectivity index (χ0v) is 7.12. The van der Waals surface area contributed by atoms with Crippen LogP contribution in [0.15, 0.2) is 0 Å². The molecule has 2 heterocycles. The third-order valence-corrected chi connectivity index (χ3v) is 2.49. The van der Waals surface area contributed by atoms with Crippen molar-refractivity contribution in [3.63, 3.8) is 0 Å². The van der Waals surface area contributed by atoms with Crippen LogP contribution < -0.4 is 10.6 Å². The van der Waals surface area contributed by atoms with E-state index in [-0.39, 0.29) is 24.2 Å². The first-order chi connectivity index (χ1) is 4.88. The summed E-state index contributed by atoms with van der Waals surface area (Å²) >= 11 is 0. The van der Waals surface area contributed by atoms with Crippen LogP contribution in [0.1, 0.15) is 6.42 Å². The number of carbonyl (C=O) groups excluding carboxylic acids is 1. The highest BCUT2D eigenvalue weighted by Gasteiger charge is 2.35. The standard InChI is InChI=1S/C7H12N2O.ClH/c10-7-6-4-8-3-5(6)1-2-9-7;/h5-6,8H,1-4H2,(H,9,10);1H/t5-,6+;/m1./s1. The number of hydrogen-bond acceptors (Lipinski definition) is 2. The highest BCUT2D eigenvalue weighted by Crippen LogP contribution is 2.22. The molecule has 2 atom stereocenters. The summed E-state index contributed by atoms with van der Waals surface area (Å²) in [6, 6.07) is 0. The third-order valence-electron chi connectivity index (χ3n) is 2.49. The van der Waals surface area contributed by atoms with Crippen molar-refractivity contribution in [1.82, 2.24) is 10.6 Å². The zero-order chi connectivity index (χ0) is 6.97. The monoisotopic (exact) mass is 176 g/mol. The molecule has 2 fully saturated rings. The van der Waals surface area contributed by atoms with Crippen LogP contribution in [0.5, 0.6) is 0 Å². The van der Waals surface area contributed by atoms with Gasteiger partial charge in [-0.05, 0) is 18.9 Å². The van der Waals surface area contributed by atoms with Crippen molar-refractivity contribution >= 4 is 18.3 Å². The summed E-state index contributed by atoms with van der Waals surface area (Å²) in [7, 11) is 0. The molecule has 11 heavy (non-hydrogen) atoms. The van der Waals surface area contributed by atoms with E-state index >= 15 is 0 Å². The molecule has 0 aromatic carbocycles. The lowest BCUT2D eigenvalue weighted by Crippen LogP contribution is -2.41. The second-order valence-corrected chi connectivity index (χ2v) is 3.10. The predicted octanol–water partition coefficient (Wildman–Crippen LogP) is -0.236. The molecule has 0 radical (unpaired) electrons. The Morgan fingerprint density at radius 2 is 2.18 bits per heavy atom. The number of nitrogens with one attached hydrogen (secondary N) is 2. The lowest BCUT2D eigenvalue weighted by molar-refractivity contribution is -0.127. The second-order valence-electron chi connectivity index (χ2n) is 3.10. The molecule has 2 N–H and O–H groups in total. The Morgan fingerprint density at radius 3 is 2.91 bits per heavy atom. The Balaban J connectivity index is 0.000000605. The maximum absolute atomic E-state index is 11.1. The van der Waals surface area contributed by atoms with E-state index in [2.05, 4.69) is 10.6 Å². The van der Waals surface area contributed by atoms with Crippen LogP contribution in [0.2, 0.25) is 0 Å². The lowest BCUT2D eigenvalue weighted by Gasteiger charge is -2.23. The van der Waals surface area contributed by atoms with Gasteiger partial charge in [0.05, 0.1) is 5.92 Å². The molecule has 64 valence electrons. The third kappa shape index (κ3) is 1.49. The molecule has 1 amide bonds. The van der Waals surface area contributed by atoms with Crippen molar-refractivity contribution in [2.75, 3.05) is 19.6 Å². The Bertz CT molecular complexity index is 163. The summed E-state index contributed by atoms with van der Waals surface area (Å²) in [6.07, 6.45) is 1.16. The maximum Gasteiger partial charge on any atom is 0.224 e. The van der Waals surface area contributed by atoms with Gasteiger partial charge in [0.2, 0.25) is 5.91 Å². The van der Waals surface area contributed by atoms with Gasteiger partial charge < -0.3 is 10.6 Å². The first kappa shape index (κ1) is 8.81. The van der Waals surface area contributed by atoms with Crippen molar-refractivity contribution in [1.29, 1.82) is 0 Å². The van der Waals surface area contributed by atoms with Crippen LogP contribution in [0.4, 0.5) is 0 Å². The van der Waals surface area contributed by atoms with E-state index in [1.165, 1.54) is 0 Å². The number of piperidine rings is 1. The fourth-order valence-corrected chi connectivity index (χ4v) is 1.86. The summed E-state index contributed by atoms with van der Waals surface area (Å²) in [6.45, 7) is 2.80. The molecule has 2 saturated heterocycles. The molecule has 0 aromatic rings. The summed E-state index contributed by atoms with van der Waals surface area (Å²) in [5, 5.41) is 6.11. The van der Waals surface area contributed by atoms with Gasteiger partial charge >= 0.3 is 0 Å². The fourth-order valence-electron chi connectivity index (χ4n) is 1.86.